The summed E-state index contributed by atoms with van der Waals surface area (Å²) in [6.45, 7) is 4.15. The van der Waals surface area contributed by atoms with Crippen molar-refractivity contribution in [1.82, 2.24) is 34.6 Å². The third-order valence-electron chi connectivity index (χ3n) is 6.68. The molecule has 0 unspecified atom stereocenters. The summed E-state index contributed by atoms with van der Waals surface area (Å²) in [6, 6.07) is 15.2. The number of nitriles is 1. The number of carbonyl (C=O) groups excluding carboxylic acids is 1. The lowest BCUT2D eigenvalue weighted by Crippen LogP contribution is -2.42. The Morgan fingerprint density at radius 2 is 1.76 bits per heavy atom. The van der Waals surface area contributed by atoms with Crippen LogP contribution in [0.15, 0.2) is 73.4 Å². The van der Waals surface area contributed by atoms with Crippen LogP contribution in [-0.2, 0) is 12.0 Å². The van der Waals surface area contributed by atoms with Crippen LogP contribution in [0.1, 0.15) is 25.0 Å². The van der Waals surface area contributed by atoms with Crippen LogP contribution in [0, 0.1) is 11.3 Å². The van der Waals surface area contributed by atoms with Crippen LogP contribution in [-0.4, -0.2) is 47.7 Å². The number of aromatic nitrogens is 6. The van der Waals surface area contributed by atoms with Crippen molar-refractivity contribution in [2.75, 3.05) is 11.9 Å². The van der Waals surface area contributed by atoms with Crippen molar-refractivity contribution in [1.29, 1.82) is 5.26 Å². The van der Waals surface area contributed by atoms with E-state index in [1.807, 2.05) is 50.2 Å². The monoisotopic (exact) mass is 501 g/mol. The molecule has 0 fully saturated rings. The zero-order chi connectivity index (χ0) is 26.4. The maximum atomic E-state index is 13.5. The summed E-state index contributed by atoms with van der Waals surface area (Å²) in [5.74, 6) is 0.460. The highest BCUT2D eigenvalue weighted by Crippen LogP contribution is 2.39. The highest BCUT2D eigenvalue weighted by molar-refractivity contribution is 6.08. The van der Waals surface area contributed by atoms with E-state index in [2.05, 4.69) is 26.1 Å². The van der Waals surface area contributed by atoms with E-state index >= 15 is 0 Å². The Balaban J connectivity index is 1.47. The number of nitrogens with zero attached hydrogens (tertiary/aromatic N) is 9. The average Bonchev–Trinajstić information content (AvgIpc) is 3.49. The van der Waals surface area contributed by atoms with Gasteiger partial charge in [0.1, 0.15) is 5.52 Å². The van der Waals surface area contributed by atoms with E-state index in [4.69, 9.17) is 4.98 Å². The van der Waals surface area contributed by atoms with Gasteiger partial charge >= 0.3 is 6.03 Å². The minimum atomic E-state index is -0.638. The fraction of sp³-hybridized carbons (Fsp3) is 0.179. The molecule has 186 valence electrons. The number of amides is 2. The largest absolute Gasteiger partial charge is 0.329 e. The maximum Gasteiger partial charge on any atom is 0.329 e. The molecule has 0 N–H and O–H groups in total. The second-order valence-electron chi connectivity index (χ2n) is 9.68. The molecule has 10 nitrogen and oxygen atoms in total. The Hall–Kier alpha value is -5.17. The van der Waals surface area contributed by atoms with Gasteiger partial charge in [0.15, 0.2) is 0 Å². The lowest BCUT2D eigenvalue weighted by atomic mass is 9.86. The predicted octanol–water partition coefficient (Wildman–Crippen LogP) is 4.78. The van der Waals surface area contributed by atoms with E-state index in [9.17, 15) is 10.1 Å². The average molecular weight is 502 g/mol. The van der Waals surface area contributed by atoms with Crippen molar-refractivity contribution < 1.29 is 4.79 Å². The number of hydrogen-bond donors (Lipinski definition) is 0. The van der Waals surface area contributed by atoms with Crippen LogP contribution in [0.4, 0.5) is 16.2 Å². The molecule has 38 heavy (non-hydrogen) atoms. The van der Waals surface area contributed by atoms with Gasteiger partial charge in [-0.3, -0.25) is 9.88 Å². The number of carbonyl (C=O) groups is 1. The van der Waals surface area contributed by atoms with Crippen LogP contribution in [0.25, 0.3) is 28.2 Å². The lowest BCUT2D eigenvalue weighted by molar-refractivity contribution is 0.213. The molecule has 5 aromatic rings. The first kappa shape index (κ1) is 23.2. The van der Waals surface area contributed by atoms with E-state index < -0.39 is 5.41 Å². The van der Waals surface area contributed by atoms with Crippen molar-refractivity contribution in [2.45, 2.75) is 25.8 Å². The highest BCUT2D eigenvalue weighted by atomic mass is 16.2. The van der Waals surface area contributed by atoms with E-state index in [1.54, 1.807) is 58.6 Å². The Labute approximate surface area is 218 Å². The van der Waals surface area contributed by atoms with Gasteiger partial charge in [-0.05, 0) is 49.7 Å². The molecule has 6 rings (SSSR count). The third kappa shape index (κ3) is 3.81. The quantitative estimate of drug-likeness (QED) is 0.348. The van der Waals surface area contributed by atoms with Crippen molar-refractivity contribution in [3.63, 3.8) is 0 Å². The van der Waals surface area contributed by atoms with Gasteiger partial charge in [-0.1, -0.05) is 12.1 Å². The number of anilines is 2. The van der Waals surface area contributed by atoms with Gasteiger partial charge in [-0.15, -0.1) is 0 Å². The number of rotatable bonds is 4. The van der Waals surface area contributed by atoms with Crippen molar-refractivity contribution >= 4 is 28.4 Å². The van der Waals surface area contributed by atoms with Gasteiger partial charge in [0, 0.05) is 49.2 Å². The molecule has 0 spiro atoms. The van der Waals surface area contributed by atoms with Gasteiger partial charge in [-0.2, -0.15) is 10.4 Å². The zero-order valence-corrected chi connectivity index (χ0v) is 21.1. The number of pyridine rings is 2. The molecule has 1 aliphatic rings. The second-order valence-corrected chi connectivity index (χ2v) is 9.68. The van der Waals surface area contributed by atoms with E-state index in [1.165, 1.54) is 0 Å². The molecular weight excluding hydrogens is 478 g/mol. The highest BCUT2D eigenvalue weighted by Gasteiger charge is 2.32. The van der Waals surface area contributed by atoms with Crippen LogP contribution < -0.4 is 4.90 Å². The summed E-state index contributed by atoms with van der Waals surface area (Å²) in [7, 11) is 1.76. The summed E-state index contributed by atoms with van der Waals surface area (Å²) in [6.07, 6.45) is 8.64. The summed E-state index contributed by atoms with van der Waals surface area (Å²) in [5.41, 5.74) is 5.18. The molecule has 1 aromatic carbocycles. The molecule has 0 bridgehead atoms. The molecule has 2 amide bonds. The fourth-order valence-electron chi connectivity index (χ4n) is 4.50. The van der Waals surface area contributed by atoms with Crippen molar-refractivity contribution in [3.05, 3.63) is 84.6 Å². The minimum Gasteiger partial charge on any atom is -0.323 e. The Morgan fingerprint density at radius 1 is 1.00 bits per heavy atom. The second kappa shape index (κ2) is 8.74. The first-order chi connectivity index (χ1) is 18.4. The molecule has 10 heteroatoms. The Bertz CT molecular complexity index is 1700. The van der Waals surface area contributed by atoms with Gasteiger partial charge in [0.25, 0.3) is 0 Å². The third-order valence-corrected chi connectivity index (χ3v) is 6.68. The Morgan fingerprint density at radius 3 is 2.45 bits per heavy atom. The van der Waals surface area contributed by atoms with Gasteiger partial charge in [-0.25, -0.2) is 24.4 Å². The summed E-state index contributed by atoms with van der Waals surface area (Å²) in [5, 5.41) is 13.7. The van der Waals surface area contributed by atoms with E-state index in [0.29, 0.717) is 40.6 Å². The topological polar surface area (TPSA) is 117 Å². The molecule has 0 aliphatic carbocycles. The molecular formula is C28H23N9O. The first-order valence-electron chi connectivity index (χ1n) is 12.0. The normalized spacial score (nSPS) is 13.5. The molecule has 5 heterocycles. The predicted molar refractivity (Wildman–Crippen MR) is 142 cm³/mol. The van der Waals surface area contributed by atoms with E-state index in [0.717, 1.165) is 16.7 Å². The van der Waals surface area contributed by atoms with Crippen LogP contribution >= 0.6 is 0 Å². The molecule has 4 aromatic heterocycles. The van der Waals surface area contributed by atoms with E-state index in [-0.39, 0.29) is 6.03 Å². The van der Waals surface area contributed by atoms with Gasteiger partial charge in [0.2, 0.25) is 5.95 Å². The lowest BCUT2D eigenvalue weighted by Gasteiger charge is -2.35. The Kier molecular flexibility index (Phi) is 5.35. The fourth-order valence-corrected chi connectivity index (χ4v) is 4.50. The standard InChI is InChI=1S/C28H23N9O/c1-28(2,17-29)20-5-7-21(8-6-20)37-25-19(16-35(3)27(37)38)15-30-23-10-9-22(34-24(23)25)18-13-31-26(32-14-18)36-12-4-11-33-36/h4-15H,16H2,1-3H3. The van der Waals surface area contributed by atoms with Crippen LogP contribution in [0.3, 0.4) is 0 Å². The number of hydrogen-bond acceptors (Lipinski definition) is 7. The zero-order valence-electron chi connectivity index (χ0n) is 21.1. The van der Waals surface area contributed by atoms with Crippen molar-refractivity contribution in [2.24, 2.45) is 0 Å². The summed E-state index contributed by atoms with van der Waals surface area (Å²) < 4.78 is 1.58. The molecule has 0 saturated carbocycles. The number of urea groups is 1. The molecule has 0 saturated heterocycles. The summed E-state index contributed by atoms with van der Waals surface area (Å²) >= 11 is 0. The summed E-state index contributed by atoms with van der Waals surface area (Å²) in [4.78, 5) is 35.2. The molecule has 0 radical (unpaired) electrons. The van der Waals surface area contributed by atoms with Crippen LogP contribution in [0.2, 0.25) is 0 Å². The first-order valence-corrected chi connectivity index (χ1v) is 12.0. The number of fused-ring (bicyclic) bond motifs is 3. The SMILES string of the molecule is CN1Cc2cnc3ccc(-c4cnc(-n5cccn5)nc4)nc3c2N(c2ccc(C(C)(C)C#N)cc2)C1=O. The van der Waals surface area contributed by atoms with Gasteiger partial charge in [0.05, 0.1) is 40.6 Å². The molecule has 1 aliphatic heterocycles. The minimum absolute atomic E-state index is 0.170. The smallest absolute Gasteiger partial charge is 0.323 e. The molecule has 0 atom stereocenters. The maximum absolute atomic E-state index is 13.5. The van der Waals surface area contributed by atoms with Gasteiger partial charge < -0.3 is 4.90 Å². The van der Waals surface area contributed by atoms with Crippen molar-refractivity contribution in [3.8, 4) is 23.3 Å². The number of benzene rings is 1. The van der Waals surface area contributed by atoms with Crippen LogP contribution in [0.5, 0.6) is 0 Å².